The minimum Gasteiger partial charge on any atom is -0.508 e. The molecular formula is C18H13O5P. The highest BCUT2D eigenvalue weighted by atomic mass is 31.2. The van der Waals surface area contributed by atoms with Crippen LogP contribution in [0.15, 0.2) is 60.7 Å². The van der Waals surface area contributed by atoms with Crippen LogP contribution in [-0.4, -0.2) is 15.3 Å². The van der Waals surface area contributed by atoms with Crippen molar-refractivity contribution >= 4 is 18.0 Å². The van der Waals surface area contributed by atoms with Crippen LogP contribution in [0.2, 0.25) is 0 Å². The molecule has 5 nitrogen and oxygen atoms in total. The lowest BCUT2D eigenvalue weighted by atomic mass is 10.0. The molecule has 1 heterocycles. The Bertz CT molecular complexity index is 989. The number of fused-ring (bicyclic) bond motifs is 3. The van der Waals surface area contributed by atoms with Crippen molar-refractivity contribution in [1.29, 1.82) is 0 Å². The van der Waals surface area contributed by atoms with E-state index in [4.69, 9.17) is 4.52 Å². The van der Waals surface area contributed by atoms with E-state index in [1.54, 1.807) is 24.3 Å². The molecule has 0 saturated heterocycles. The van der Waals surface area contributed by atoms with Crippen molar-refractivity contribution in [2.75, 3.05) is 0 Å². The third-order valence-electron chi connectivity index (χ3n) is 3.97. The highest BCUT2D eigenvalue weighted by molar-refractivity contribution is 7.75. The Balaban J connectivity index is 2.06. The topological polar surface area (TPSA) is 87.0 Å². The molecule has 0 amide bonds. The van der Waals surface area contributed by atoms with Gasteiger partial charge in [0.05, 0.1) is 5.30 Å². The molecule has 0 spiro atoms. The zero-order valence-corrected chi connectivity index (χ0v) is 13.3. The molecule has 0 aromatic heterocycles. The van der Waals surface area contributed by atoms with Gasteiger partial charge in [-0.3, -0.25) is 4.57 Å². The second kappa shape index (κ2) is 5.05. The molecule has 24 heavy (non-hydrogen) atoms. The number of hydrogen-bond donors (Lipinski definition) is 3. The molecule has 1 unspecified atom stereocenters. The zero-order chi connectivity index (χ0) is 16.9. The van der Waals surface area contributed by atoms with E-state index in [2.05, 4.69) is 0 Å². The van der Waals surface area contributed by atoms with Gasteiger partial charge < -0.3 is 19.8 Å². The lowest BCUT2D eigenvalue weighted by Crippen LogP contribution is -2.25. The molecule has 120 valence electrons. The zero-order valence-electron chi connectivity index (χ0n) is 12.4. The monoisotopic (exact) mass is 340 g/mol. The molecule has 1 aliphatic heterocycles. The van der Waals surface area contributed by atoms with E-state index in [1.807, 2.05) is 24.3 Å². The first-order valence-corrected chi connectivity index (χ1v) is 8.87. The molecular weight excluding hydrogens is 327 g/mol. The summed E-state index contributed by atoms with van der Waals surface area (Å²) in [5.74, 6) is -0.882. The third kappa shape index (κ3) is 1.99. The second-order valence-corrected chi connectivity index (χ2v) is 7.70. The van der Waals surface area contributed by atoms with Crippen molar-refractivity contribution in [3.63, 3.8) is 0 Å². The van der Waals surface area contributed by atoms with Crippen molar-refractivity contribution in [2.24, 2.45) is 0 Å². The molecule has 3 aromatic rings. The SMILES string of the molecule is O=P1(c2c(O)cc(O)cc2O)Oc2ccccc2-c2ccccc21. The minimum absolute atomic E-state index is 0.220. The lowest BCUT2D eigenvalue weighted by Gasteiger charge is -2.29. The fourth-order valence-corrected chi connectivity index (χ4v) is 5.37. The van der Waals surface area contributed by atoms with Gasteiger partial charge in [0.25, 0.3) is 0 Å². The van der Waals surface area contributed by atoms with Crippen LogP contribution < -0.4 is 15.1 Å². The Morgan fingerprint density at radius 2 is 1.38 bits per heavy atom. The number of aromatic hydroxyl groups is 3. The molecule has 0 saturated carbocycles. The minimum atomic E-state index is -3.79. The Morgan fingerprint density at radius 3 is 2.08 bits per heavy atom. The summed E-state index contributed by atoms with van der Waals surface area (Å²) in [6.45, 7) is 0. The van der Waals surface area contributed by atoms with Gasteiger partial charge in [-0.1, -0.05) is 36.4 Å². The summed E-state index contributed by atoms with van der Waals surface area (Å²) in [5, 5.41) is 30.1. The largest absolute Gasteiger partial charge is 0.508 e. The molecule has 4 rings (SSSR count). The number of rotatable bonds is 1. The van der Waals surface area contributed by atoms with E-state index in [0.717, 1.165) is 23.3 Å². The molecule has 6 heteroatoms. The number of phenols is 3. The van der Waals surface area contributed by atoms with Gasteiger partial charge in [0.1, 0.15) is 28.3 Å². The highest BCUT2D eigenvalue weighted by Gasteiger charge is 2.41. The highest BCUT2D eigenvalue weighted by Crippen LogP contribution is 2.56. The van der Waals surface area contributed by atoms with Gasteiger partial charge in [-0.15, -0.1) is 0 Å². The van der Waals surface area contributed by atoms with E-state index >= 15 is 0 Å². The van der Waals surface area contributed by atoms with E-state index in [-0.39, 0.29) is 11.1 Å². The van der Waals surface area contributed by atoms with Crippen LogP contribution in [-0.2, 0) is 4.57 Å². The van der Waals surface area contributed by atoms with Gasteiger partial charge in [0.2, 0.25) is 0 Å². The Kier molecular flexibility index (Phi) is 3.08. The van der Waals surface area contributed by atoms with Crippen LogP contribution >= 0.6 is 7.37 Å². The average Bonchev–Trinajstić information content (AvgIpc) is 2.54. The number of benzene rings is 3. The normalized spacial score (nSPS) is 18.3. The summed E-state index contributed by atoms with van der Waals surface area (Å²) in [6.07, 6.45) is 0. The van der Waals surface area contributed by atoms with Crippen molar-refractivity contribution in [3.8, 4) is 34.1 Å². The maximum atomic E-state index is 13.7. The van der Waals surface area contributed by atoms with E-state index < -0.39 is 18.9 Å². The quantitative estimate of drug-likeness (QED) is 0.593. The molecule has 1 atom stereocenters. The molecule has 0 radical (unpaired) electrons. The maximum Gasteiger partial charge on any atom is 0.314 e. The molecule has 3 N–H and O–H groups in total. The van der Waals surface area contributed by atoms with Crippen molar-refractivity contribution in [3.05, 3.63) is 60.7 Å². The third-order valence-corrected chi connectivity index (χ3v) is 6.50. The van der Waals surface area contributed by atoms with Crippen LogP contribution in [0, 0.1) is 0 Å². The molecule has 3 aromatic carbocycles. The summed E-state index contributed by atoms with van der Waals surface area (Å²) >= 11 is 0. The van der Waals surface area contributed by atoms with E-state index in [9.17, 15) is 19.9 Å². The predicted molar refractivity (Wildman–Crippen MR) is 90.8 cm³/mol. The Labute approximate surface area is 137 Å². The average molecular weight is 340 g/mol. The number of para-hydroxylation sites is 1. The van der Waals surface area contributed by atoms with Crippen LogP contribution in [0.25, 0.3) is 11.1 Å². The van der Waals surface area contributed by atoms with E-state index in [0.29, 0.717) is 11.1 Å². The van der Waals surface area contributed by atoms with Gasteiger partial charge in [0.15, 0.2) is 0 Å². The molecule has 0 fully saturated rings. The van der Waals surface area contributed by atoms with Gasteiger partial charge in [0, 0.05) is 17.7 Å². The van der Waals surface area contributed by atoms with Crippen LogP contribution in [0.4, 0.5) is 0 Å². The predicted octanol–water partition coefficient (Wildman–Crippen LogP) is 3.09. The summed E-state index contributed by atoms with van der Waals surface area (Å²) in [6, 6.07) is 16.2. The standard InChI is InChI=1S/C18H13O5P/c19-11-9-14(20)18(15(21)10-11)24(22)17-8-4-2-6-13(17)12-5-1-3-7-16(12)23-24/h1-10,19-21H. The van der Waals surface area contributed by atoms with E-state index in [1.165, 1.54) is 0 Å². The van der Waals surface area contributed by atoms with Crippen molar-refractivity contribution < 1.29 is 24.4 Å². The summed E-state index contributed by atoms with van der Waals surface area (Å²) in [4.78, 5) is 0. The first kappa shape index (κ1) is 14.7. The molecule has 0 aliphatic carbocycles. The van der Waals surface area contributed by atoms with Crippen LogP contribution in [0.3, 0.4) is 0 Å². The maximum absolute atomic E-state index is 13.7. The Hall–Kier alpha value is -2.91. The fraction of sp³-hybridized carbons (Fsp3) is 0. The fourth-order valence-electron chi connectivity index (χ4n) is 2.97. The van der Waals surface area contributed by atoms with Gasteiger partial charge in [-0.05, 0) is 17.7 Å². The first-order chi connectivity index (χ1) is 11.5. The lowest BCUT2D eigenvalue weighted by molar-refractivity contribution is 0.430. The second-order valence-electron chi connectivity index (χ2n) is 5.49. The van der Waals surface area contributed by atoms with Gasteiger partial charge >= 0.3 is 7.37 Å². The summed E-state index contributed by atoms with van der Waals surface area (Å²) in [5.41, 5.74) is 1.51. The molecule has 0 bridgehead atoms. The summed E-state index contributed by atoms with van der Waals surface area (Å²) in [7, 11) is -3.79. The Morgan fingerprint density at radius 1 is 0.792 bits per heavy atom. The summed E-state index contributed by atoms with van der Waals surface area (Å²) < 4.78 is 19.5. The number of phenolic OH excluding ortho intramolecular Hbond substituents is 3. The molecule has 1 aliphatic rings. The van der Waals surface area contributed by atoms with Crippen LogP contribution in [0.5, 0.6) is 23.0 Å². The number of hydrogen-bond acceptors (Lipinski definition) is 5. The smallest absolute Gasteiger partial charge is 0.314 e. The van der Waals surface area contributed by atoms with Crippen molar-refractivity contribution in [1.82, 2.24) is 0 Å². The van der Waals surface area contributed by atoms with Gasteiger partial charge in [-0.2, -0.15) is 0 Å². The van der Waals surface area contributed by atoms with Crippen LogP contribution in [0.1, 0.15) is 0 Å². The van der Waals surface area contributed by atoms with Gasteiger partial charge in [-0.25, -0.2) is 0 Å². The first-order valence-electron chi connectivity index (χ1n) is 7.25. The van der Waals surface area contributed by atoms with Crippen molar-refractivity contribution in [2.45, 2.75) is 0 Å².